The predicted octanol–water partition coefficient (Wildman–Crippen LogP) is 4.56. The molecule has 0 heterocycles. The number of rotatable bonds is 4. The van der Waals surface area contributed by atoms with E-state index in [9.17, 15) is 4.79 Å². The van der Waals surface area contributed by atoms with Crippen molar-refractivity contribution < 1.29 is 4.79 Å². The van der Waals surface area contributed by atoms with Gasteiger partial charge in [0, 0.05) is 19.5 Å². The first kappa shape index (κ1) is 15.8. The summed E-state index contributed by atoms with van der Waals surface area (Å²) in [6, 6.07) is 15.1. The van der Waals surface area contributed by atoms with E-state index in [1.165, 1.54) is 27.8 Å². The molecule has 0 aliphatic heterocycles. The van der Waals surface area contributed by atoms with Gasteiger partial charge in [0.2, 0.25) is 5.91 Å². The third-order valence-electron chi connectivity index (χ3n) is 5.03. The molecule has 1 aliphatic carbocycles. The smallest absolute Gasteiger partial charge is 0.223 e. The second-order valence-electron chi connectivity index (χ2n) is 6.37. The van der Waals surface area contributed by atoms with Crippen molar-refractivity contribution in [2.24, 2.45) is 0 Å². The third-order valence-corrected chi connectivity index (χ3v) is 5.03. The van der Waals surface area contributed by atoms with Crippen molar-refractivity contribution in [1.82, 2.24) is 4.90 Å². The van der Waals surface area contributed by atoms with Crippen LogP contribution in [0.2, 0.25) is 0 Å². The van der Waals surface area contributed by atoms with Gasteiger partial charge in [-0.2, -0.15) is 0 Å². The minimum atomic E-state index is 0.269. The topological polar surface area (TPSA) is 20.3 Å². The van der Waals surface area contributed by atoms with Crippen LogP contribution in [0.3, 0.4) is 0 Å². The highest BCUT2D eigenvalue weighted by Gasteiger charge is 2.27. The van der Waals surface area contributed by atoms with E-state index in [4.69, 9.17) is 0 Å². The van der Waals surface area contributed by atoms with Crippen LogP contribution >= 0.6 is 0 Å². The van der Waals surface area contributed by atoms with Crippen LogP contribution in [0.1, 0.15) is 42.9 Å². The summed E-state index contributed by atoms with van der Waals surface area (Å²) in [5.74, 6) is 0.555. The Labute approximate surface area is 139 Å². The quantitative estimate of drug-likeness (QED) is 0.811. The maximum Gasteiger partial charge on any atom is 0.223 e. The number of aryl methyl sites for hydroxylation is 1. The zero-order chi connectivity index (χ0) is 16.4. The first-order chi connectivity index (χ1) is 11.2. The van der Waals surface area contributed by atoms with Crippen molar-refractivity contribution in [2.75, 3.05) is 13.1 Å². The highest BCUT2D eigenvalue weighted by atomic mass is 16.2. The summed E-state index contributed by atoms with van der Waals surface area (Å²) < 4.78 is 0. The number of fused-ring (bicyclic) bond motifs is 3. The second-order valence-corrected chi connectivity index (χ2v) is 6.37. The number of carbonyl (C=O) groups is 1. The Bertz CT molecular complexity index is 716. The predicted molar refractivity (Wildman–Crippen MR) is 95.6 cm³/mol. The largest absolute Gasteiger partial charge is 0.343 e. The van der Waals surface area contributed by atoms with E-state index in [-0.39, 0.29) is 11.8 Å². The van der Waals surface area contributed by atoms with E-state index >= 15 is 0 Å². The molecule has 0 saturated carbocycles. The number of nitrogens with zero attached hydrogens (tertiary/aromatic N) is 1. The molecule has 0 saturated heterocycles. The maximum atomic E-state index is 12.6. The molecule has 0 radical (unpaired) electrons. The Balaban J connectivity index is 1.98. The Hall–Kier alpha value is -2.09. The molecule has 120 valence electrons. The third kappa shape index (κ3) is 2.90. The van der Waals surface area contributed by atoms with E-state index < -0.39 is 0 Å². The fourth-order valence-electron chi connectivity index (χ4n) is 3.84. The van der Waals surface area contributed by atoms with Crippen molar-refractivity contribution in [3.63, 3.8) is 0 Å². The molecule has 2 aromatic carbocycles. The minimum Gasteiger partial charge on any atom is -0.343 e. The Morgan fingerprint density at radius 3 is 2.57 bits per heavy atom. The molecule has 0 bridgehead atoms. The van der Waals surface area contributed by atoms with Crippen LogP contribution in [0.5, 0.6) is 0 Å². The lowest BCUT2D eigenvalue weighted by Gasteiger charge is -2.30. The van der Waals surface area contributed by atoms with Gasteiger partial charge in [-0.05, 0) is 60.9 Å². The minimum absolute atomic E-state index is 0.269. The first-order valence-electron chi connectivity index (χ1n) is 8.61. The number of hydrogen-bond donors (Lipinski definition) is 0. The molecule has 1 amide bonds. The molecule has 2 heteroatoms. The lowest BCUT2D eigenvalue weighted by atomic mass is 9.76. The van der Waals surface area contributed by atoms with E-state index in [1.54, 1.807) is 0 Å². The lowest BCUT2D eigenvalue weighted by molar-refractivity contribution is -0.131. The van der Waals surface area contributed by atoms with Gasteiger partial charge in [0.15, 0.2) is 0 Å². The summed E-state index contributed by atoms with van der Waals surface area (Å²) >= 11 is 0. The van der Waals surface area contributed by atoms with Crippen molar-refractivity contribution in [3.05, 3.63) is 59.2 Å². The van der Waals surface area contributed by atoms with Gasteiger partial charge in [-0.3, -0.25) is 4.79 Å². The van der Waals surface area contributed by atoms with Crippen molar-refractivity contribution >= 4 is 5.91 Å². The van der Waals surface area contributed by atoms with Crippen molar-refractivity contribution in [1.29, 1.82) is 0 Å². The number of carbonyl (C=O) groups excluding carboxylic acids is 1. The average Bonchev–Trinajstić information content (AvgIpc) is 2.56. The highest BCUT2D eigenvalue weighted by Crippen LogP contribution is 2.42. The number of hydrogen-bond acceptors (Lipinski definition) is 1. The van der Waals surface area contributed by atoms with Crippen LogP contribution in [0, 0.1) is 6.92 Å². The second kappa shape index (κ2) is 6.57. The molecular formula is C21H25NO. The molecule has 3 rings (SSSR count). The SMILES string of the molecule is CCN(CC)C(=O)CC1Cc2cccc(C)c2-c2ccccc21. The molecule has 1 aliphatic rings. The molecule has 0 aromatic heterocycles. The van der Waals surface area contributed by atoms with Crippen LogP contribution in [-0.2, 0) is 11.2 Å². The van der Waals surface area contributed by atoms with Gasteiger partial charge in [-0.15, -0.1) is 0 Å². The maximum absolute atomic E-state index is 12.6. The number of amides is 1. The molecule has 1 unspecified atom stereocenters. The standard InChI is InChI=1S/C21H25NO/c1-4-22(5-2)20(23)14-17-13-16-10-8-9-15(3)21(16)19-12-7-6-11-18(17)19/h6-12,17H,4-5,13-14H2,1-3H3. The van der Waals surface area contributed by atoms with Gasteiger partial charge in [-0.25, -0.2) is 0 Å². The van der Waals surface area contributed by atoms with Gasteiger partial charge >= 0.3 is 0 Å². The summed E-state index contributed by atoms with van der Waals surface area (Å²) in [6.07, 6.45) is 1.56. The van der Waals surface area contributed by atoms with Gasteiger partial charge < -0.3 is 4.90 Å². The number of benzene rings is 2. The van der Waals surface area contributed by atoms with Gasteiger partial charge in [-0.1, -0.05) is 42.5 Å². The van der Waals surface area contributed by atoms with Gasteiger partial charge in [0.05, 0.1) is 0 Å². The summed E-state index contributed by atoms with van der Waals surface area (Å²) in [6.45, 7) is 7.86. The summed E-state index contributed by atoms with van der Waals surface area (Å²) in [7, 11) is 0. The summed E-state index contributed by atoms with van der Waals surface area (Å²) in [5, 5.41) is 0. The Kier molecular flexibility index (Phi) is 4.51. The molecule has 1 atom stereocenters. The van der Waals surface area contributed by atoms with Crippen molar-refractivity contribution in [2.45, 2.75) is 39.5 Å². The summed E-state index contributed by atoms with van der Waals surface area (Å²) in [4.78, 5) is 14.5. The molecule has 23 heavy (non-hydrogen) atoms. The Morgan fingerprint density at radius 2 is 1.83 bits per heavy atom. The van der Waals surface area contributed by atoms with Gasteiger partial charge in [0.1, 0.15) is 0 Å². The molecule has 2 nitrogen and oxygen atoms in total. The lowest BCUT2D eigenvalue weighted by Crippen LogP contribution is -2.32. The molecule has 0 fully saturated rings. The highest BCUT2D eigenvalue weighted by molar-refractivity contribution is 5.81. The Morgan fingerprint density at radius 1 is 1.09 bits per heavy atom. The normalized spacial score (nSPS) is 15.7. The van der Waals surface area contributed by atoms with Crippen molar-refractivity contribution in [3.8, 4) is 11.1 Å². The van der Waals surface area contributed by atoms with E-state index in [0.717, 1.165) is 19.5 Å². The van der Waals surface area contributed by atoms with Crippen LogP contribution in [-0.4, -0.2) is 23.9 Å². The zero-order valence-corrected chi connectivity index (χ0v) is 14.3. The average molecular weight is 307 g/mol. The van der Waals surface area contributed by atoms with Gasteiger partial charge in [0.25, 0.3) is 0 Å². The fourth-order valence-corrected chi connectivity index (χ4v) is 3.84. The first-order valence-corrected chi connectivity index (χ1v) is 8.61. The van der Waals surface area contributed by atoms with Crippen LogP contribution in [0.15, 0.2) is 42.5 Å². The van der Waals surface area contributed by atoms with E-state index in [0.29, 0.717) is 6.42 Å². The van der Waals surface area contributed by atoms with E-state index in [1.807, 2.05) is 4.90 Å². The molecule has 0 N–H and O–H groups in total. The van der Waals surface area contributed by atoms with Crippen LogP contribution < -0.4 is 0 Å². The zero-order valence-electron chi connectivity index (χ0n) is 14.3. The fraction of sp³-hybridized carbons (Fsp3) is 0.381. The van der Waals surface area contributed by atoms with E-state index in [2.05, 4.69) is 63.2 Å². The molecule has 2 aromatic rings. The summed E-state index contributed by atoms with van der Waals surface area (Å²) in [5.41, 5.74) is 6.71. The van der Waals surface area contributed by atoms with Crippen LogP contribution in [0.4, 0.5) is 0 Å². The monoisotopic (exact) mass is 307 g/mol. The van der Waals surface area contributed by atoms with Crippen LogP contribution in [0.25, 0.3) is 11.1 Å². The molecular weight excluding hydrogens is 282 g/mol. The molecule has 0 spiro atoms.